The molecule has 1 saturated heterocycles. The molecule has 0 spiro atoms. The van der Waals surface area contributed by atoms with E-state index in [0.29, 0.717) is 27.7 Å². The van der Waals surface area contributed by atoms with Gasteiger partial charge in [0.2, 0.25) is 0 Å². The van der Waals surface area contributed by atoms with Crippen LogP contribution in [-0.4, -0.2) is 27.5 Å². The quantitative estimate of drug-likeness (QED) is 0.663. The Labute approximate surface area is 161 Å². The standard InChI is InChI=1S/C20H20ClFN4O/c1-12-13(2)23-18-11-17(25-8-4-3-5-9-25)24-19(26(18)20(12)27)15-7-6-14(21)10-16(15)22/h6-7,10-11H,3-5,8-9H2,1-2H3. The zero-order valence-corrected chi connectivity index (χ0v) is 16.1. The van der Waals surface area contributed by atoms with E-state index in [1.807, 2.05) is 6.07 Å². The van der Waals surface area contributed by atoms with Crippen LogP contribution >= 0.6 is 11.6 Å². The van der Waals surface area contributed by atoms with Gasteiger partial charge in [-0.05, 0) is 51.3 Å². The SMILES string of the molecule is Cc1nc2cc(N3CCCCC3)nc(-c3ccc(Cl)cc3F)n2c(=O)c1C. The number of aromatic nitrogens is 3. The monoisotopic (exact) mass is 386 g/mol. The van der Waals surface area contributed by atoms with E-state index in [1.54, 1.807) is 26.0 Å². The van der Waals surface area contributed by atoms with E-state index in [4.69, 9.17) is 11.6 Å². The summed E-state index contributed by atoms with van der Waals surface area (Å²) in [5, 5.41) is 0.297. The molecule has 1 aromatic carbocycles. The lowest BCUT2D eigenvalue weighted by Gasteiger charge is -2.28. The Hall–Kier alpha value is -2.47. The Morgan fingerprint density at radius 2 is 1.81 bits per heavy atom. The largest absolute Gasteiger partial charge is 0.356 e. The minimum Gasteiger partial charge on any atom is -0.356 e. The first-order valence-corrected chi connectivity index (χ1v) is 9.45. The number of halogens is 2. The van der Waals surface area contributed by atoms with E-state index in [-0.39, 0.29) is 16.9 Å². The zero-order valence-electron chi connectivity index (χ0n) is 15.3. The fourth-order valence-electron chi connectivity index (χ4n) is 3.48. The van der Waals surface area contributed by atoms with Crippen LogP contribution in [0.4, 0.5) is 10.2 Å². The van der Waals surface area contributed by atoms with Gasteiger partial charge in [0.1, 0.15) is 17.3 Å². The van der Waals surface area contributed by atoms with Crippen molar-refractivity contribution in [3.63, 3.8) is 0 Å². The fraction of sp³-hybridized carbons (Fsp3) is 0.350. The van der Waals surface area contributed by atoms with Crippen molar-refractivity contribution in [2.75, 3.05) is 18.0 Å². The molecular weight excluding hydrogens is 367 g/mol. The van der Waals surface area contributed by atoms with E-state index < -0.39 is 5.82 Å². The highest BCUT2D eigenvalue weighted by Crippen LogP contribution is 2.27. The Bertz CT molecular complexity index is 1090. The van der Waals surface area contributed by atoms with Gasteiger partial charge in [-0.25, -0.2) is 18.8 Å². The molecule has 27 heavy (non-hydrogen) atoms. The fourth-order valence-corrected chi connectivity index (χ4v) is 3.64. The van der Waals surface area contributed by atoms with Crippen molar-refractivity contribution in [2.45, 2.75) is 33.1 Å². The van der Waals surface area contributed by atoms with Crippen molar-refractivity contribution >= 4 is 23.1 Å². The van der Waals surface area contributed by atoms with E-state index in [9.17, 15) is 9.18 Å². The van der Waals surface area contributed by atoms with Gasteiger partial charge in [-0.3, -0.25) is 4.79 Å². The van der Waals surface area contributed by atoms with E-state index in [1.165, 1.54) is 16.9 Å². The highest BCUT2D eigenvalue weighted by molar-refractivity contribution is 6.30. The summed E-state index contributed by atoms with van der Waals surface area (Å²) in [5.74, 6) is 0.453. The summed E-state index contributed by atoms with van der Waals surface area (Å²) in [6.07, 6.45) is 3.37. The van der Waals surface area contributed by atoms with Gasteiger partial charge in [0.15, 0.2) is 5.82 Å². The van der Waals surface area contributed by atoms with Crippen LogP contribution in [0.5, 0.6) is 0 Å². The summed E-state index contributed by atoms with van der Waals surface area (Å²) in [4.78, 5) is 24.4. The van der Waals surface area contributed by atoms with Gasteiger partial charge in [0.05, 0.1) is 5.56 Å². The molecule has 2 aromatic heterocycles. The minimum atomic E-state index is -0.516. The Morgan fingerprint density at radius 1 is 1.07 bits per heavy atom. The van der Waals surface area contributed by atoms with Crippen LogP contribution in [0.1, 0.15) is 30.5 Å². The number of nitrogens with zero attached hydrogens (tertiary/aromatic N) is 4. The molecular formula is C20H20ClFN4O. The molecule has 140 valence electrons. The van der Waals surface area contributed by atoms with Gasteiger partial charge in [-0.1, -0.05) is 11.6 Å². The number of aryl methyl sites for hydroxylation is 1. The maximum Gasteiger partial charge on any atom is 0.262 e. The van der Waals surface area contributed by atoms with E-state index in [0.717, 1.165) is 25.9 Å². The topological polar surface area (TPSA) is 50.5 Å². The van der Waals surface area contributed by atoms with Crippen LogP contribution in [-0.2, 0) is 0 Å². The van der Waals surface area contributed by atoms with Gasteiger partial charge in [0.25, 0.3) is 5.56 Å². The van der Waals surface area contributed by atoms with Gasteiger partial charge in [-0.15, -0.1) is 0 Å². The summed E-state index contributed by atoms with van der Waals surface area (Å²) in [7, 11) is 0. The second-order valence-electron chi connectivity index (χ2n) is 6.93. The van der Waals surface area contributed by atoms with Crippen LogP contribution in [0.25, 0.3) is 17.0 Å². The van der Waals surface area contributed by atoms with Crippen LogP contribution in [0, 0.1) is 19.7 Å². The van der Waals surface area contributed by atoms with Crippen molar-refractivity contribution in [1.29, 1.82) is 0 Å². The number of benzene rings is 1. The molecule has 0 N–H and O–H groups in total. The van der Waals surface area contributed by atoms with Crippen LogP contribution < -0.4 is 10.5 Å². The molecule has 0 radical (unpaired) electrons. The van der Waals surface area contributed by atoms with Gasteiger partial charge < -0.3 is 4.90 Å². The maximum atomic E-state index is 14.7. The van der Waals surface area contributed by atoms with Crippen molar-refractivity contribution in [3.8, 4) is 11.4 Å². The summed E-state index contributed by atoms with van der Waals surface area (Å²) in [6.45, 7) is 5.31. The summed E-state index contributed by atoms with van der Waals surface area (Å²) >= 11 is 5.90. The molecule has 3 aromatic rings. The number of hydrogen-bond acceptors (Lipinski definition) is 4. The number of piperidine rings is 1. The van der Waals surface area contributed by atoms with Gasteiger partial charge in [-0.2, -0.15) is 0 Å². The van der Waals surface area contributed by atoms with Crippen molar-refractivity contribution in [3.05, 3.63) is 56.7 Å². The van der Waals surface area contributed by atoms with Crippen LogP contribution in [0.3, 0.4) is 0 Å². The normalized spacial score (nSPS) is 14.7. The Kier molecular flexibility index (Phi) is 4.60. The molecule has 7 heteroatoms. The summed E-state index contributed by atoms with van der Waals surface area (Å²) < 4.78 is 16.1. The van der Waals surface area contributed by atoms with Crippen molar-refractivity contribution in [1.82, 2.24) is 14.4 Å². The first-order valence-electron chi connectivity index (χ1n) is 9.07. The lowest BCUT2D eigenvalue weighted by atomic mass is 10.1. The molecule has 0 unspecified atom stereocenters. The maximum absolute atomic E-state index is 14.7. The molecule has 0 amide bonds. The van der Waals surface area contributed by atoms with Crippen LogP contribution in [0.2, 0.25) is 5.02 Å². The van der Waals surface area contributed by atoms with E-state index >= 15 is 0 Å². The third-order valence-electron chi connectivity index (χ3n) is 5.12. The molecule has 5 nitrogen and oxygen atoms in total. The minimum absolute atomic E-state index is 0.232. The lowest BCUT2D eigenvalue weighted by Crippen LogP contribution is -2.31. The smallest absolute Gasteiger partial charge is 0.262 e. The molecule has 4 rings (SSSR count). The molecule has 0 atom stereocenters. The Morgan fingerprint density at radius 3 is 2.52 bits per heavy atom. The van der Waals surface area contributed by atoms with Crippen LogP contribution in [0.15, 0.2) is 29.1 Å². The molecule has 1 fully saturated rings. The molecule has 1 aliphatic heterocycles. The number of fused-ring (bicyclic) bond motifs is 1. The zero-order chi connectivity index (χ0) is 19.1. The first-order chi connectivity index (χ1) is 13.0. The highest BCUT2D eigenvalue weighted by atomic mass is 35.5. The van der Waals surface area contributed by atoms with E-state index in [2.05, 4.69) is 14.9 Å². The van der Waals surface area contributed by atoms with Crippen molar-refractivity contribution in [2.24, 2.45) is 0 Å². The number of hydrogen-bond donors (Lipinski definition) is 0. The average Bonchev–Trinajstić information content (AvgIpc) is 2.66. The predicted octanol–water partition coefficient (Wildman–Crippen LogP) is 4.16. The predicted molar refractivity (Wildman–Crippen MR) is 105 cm³/mol. The summed E-state index contributed by atoms with van der Waals surface area (Å²) in [5.41, 5.74) is 1.66. The second kappa shape index (κ2) is 6.93. The third kappa shape index (κ3) is 3.18. The summed E-state index contributed by atoms with van der Waals surface area (Å²) in [6, 6.07) is 6.20. The molecule has 3 heterocycles. The number of anilines is 1. The molecule has 1 aliphatic rings. The lowest BCUT2D eigenvalue weighted by molar-refractivity contribution is 0.573. The highest BCUT2D eigenvalue weighted by Gasteiger charge is 2.20. The Balaban J connectivity index is 2.04. The molecule has 0 aliphatic carbocycles. The average molecular weight is 387 g/mol. The number of rotatable bonds is 2. The van der Waals surface area contributed by atoms with Gasteiger partial charge in [0, 0.05) is 35.4 Å². The van der Waals surface area contributed by atoms with Crippen molar-refractivity contribution < 1.29 is 4.39 Å². The molecule has 0 saturated carbocycles. The second-order valence-corrected chi connectivity index (χ2v) is 7.37. The molecule has 0 bridgehead atoms. The first kappa shape index (κ1) is 17.9. The third-order valence-corrected chi connectivity index (χ3v) is 5.36. The van der Waals surface area contributed by atoms with Gasteiger partial charge >= 0.3 is 0 Å².